The van der Waals surface area contributed by atoms with Crippen molar-refractivity contribution in [2.45, 2.75) is 68.0 Å². The molecule has 248 valence electrons. The molecule has 5 fully saturated rings. The zero-order valence-electron chi connectivity index (χ0n) is 24.8. The molecule has 3 aliphatic carbocycles. The average molecular weight is 647 g/mol. The molecule has 6 N–H and O–H groups in total. The molecule has 3 saturated carbocycles. The van der Waals surface area contributed by atoms with E-state index in [2.05, 4.69) is 0 Å². The normalized spacial score (nSPS) is 37.8. The van der Waals surface area contributed by atoms with Crippen LogP contribution >= 0.6 is 0 Å². The van der Waals surface area contributed by atoms with Crippen LogP contribution in [0.2, 0.25) is 0 Å². The van der Waals surface area contributed by atoms with Crippen LogP contribution in [0.3, 0.4) is 0 Å². The van der Waals surface area contributed by atoms with Crippen LogP contribution in [0, 0.1) is 11.3 Å². The summed E-state index contributed by atoms with van der Waals surface area (Å²) in [5, 5.41) is 61.3. The fourth-order valence-electron chi connectivity index (χ4n) is 7.33. The standard InChI is InChI=1S/C31H34O15/c1-29-11-19(34)16-10-31(29,30(16,28(41-2)46-29)13-43-25(39)14-6-4-3-5-7-14)45-27-24(38)23(37)22(36)20(44-27)12-42-26(40)15-8-17(32)21(35)18(33)9-15/h3-9,16,20,22-24,27-28,32-33,35-38H,10-13H2,1-2H3/t16-,20-,22-,23+,24-,27+,28+,29+,30+,31-/m1/s1. The number of Topliss-reactive ketones (excluding diaryl/α,β-unsaturated/α-hetero) is 1. The molecule has 46 heavy (non-hydrogen) atoms. The highest BCUT2D eigenvalue weighted by molar-refractivity contribution is 5.91. The van der Waals surface area contributed by atoms with Crippen molar-refractivity contribution in [3.05, 3.63) is 53.6 Å². The molecule has 0 amide bonds. The van der Waals surface area contributed by atoms with Gasteiger partial charge in [-0.1, -0.05) is 18.2 Å². The van der Waals surface area contributed by atoms with Crippen molar-refractivity contribution in [3.8, 4) is 17.2 Å². The van der Waals surface area contributed by atoms with Gasteiger partial charge in [-0.25, -0.2) is 9.59 Å². The summed E-state index contributed by atoms with van der Waals surface area (Å²) < 4.78 is 35.1. The number of ether oxygens (including phenoxy) is 6. The van der Waals surface area contributed by atoms with E-state index in [1.165, 1.54) is 7.11 Å². The maximum absolute atomic E-state index is 13.3. The predicted molar refractivity (Wildman–Crippen MR) is 149 cm³/mol. The predicted octanol–water partition coefficient (Wildman–Crippen LogP) is 0.121. The number of ketones is 1. The summed E-state index contributed by atoms with van der Waals surface area (Å²) in [6.07, 6.45) is -9.57. The third-order valence-electron chi connectivity index (χ3n) is 9.74. The number of phenolic OH excluding ortho intramolecular Hbond substituents is 3. The Hall–Kier alpha value is -3.83. The summed E-state index contributed by atoms with van der Waals surface area (Å²) in [6.45, 7) is 0.607. The zero-order valence-corrected chi connectivity index (χ0v) is 24.8. The van der Waals surface area contributed by atoms with E-state index in [-0.39, 0.29) is 36.4 Å². The highest BCUT2D eigenvalue weighted by atomic mass is 16.8. The van der Waals surface area contributed by atoms with Gasteiger partial charge in [0, 0.05) is 19.4 Å². The van der Waals surface area contributed by atoms with E-state index in [4.69, 9.17) is 28.4 Å². The summed E-state index contributed by atoms with van der Waals surface area (Å²) in [5.74, 6) is -4.98. The quantitative estimate of drug-likeness (QED) is 0.157. The van der Waals surface area contributed by atoms with Crippen LogP contribution in [0.15, 0.2) is 42.5 Å². The van der Waals surface area contributed by atoms with Gasteiger partial charge in [0.15, 0.2) is 29.8 Å². The van der Waals surface area contributed by atoms with Crippen molar-refractivity contribution in [1.82, 2.24) is 0 Å². The van der Waals surface area contributed by atoms with Crippen LogP contribution in [0.25, 0.3) is 0 Å². The van der Waals surface area contributed by atoms with Gasteiger partial charge in [0.1, 0.15) is 54.6 Å². The number of aromatic hydroxyl groups is 3. The lowest BCUT2D eigenvalue weighted by atomic mass is 9.41. The van der Waals surface area contributed by atoms with E-state index in [1.807, 2.05) is 0 Å². The minimum absolute atomic E-state index is 0.0871. The van der Waals surface area contributed by atoms with Crippen LogP contribution in [-0.4, -0.2) is 117 Å². The number of benzene rings is 2. The molecule has 0 radical (unpaired) electrons. The van der Waals surface area contributed by atoms with Gasteiger partial charge < -0.3 is 59.1 Å². The van der Waals surface area contributed by atoms with Gasteiger partial charge in [-0.2, -0.15) is 0 Å². The summed E-state index contributed by atoms with van der Waals surface area (Å²) in [5.41, 5.74) is -4.21. The lowest BCUT2D eigenvalue weighted by molar-refractivity contribution is -0.381. The molecule has 10 atom stereocenters. The fourth-order valence-corrected chi connectivity index (χ4v) is 7.33. The third kappa shape index (κ3) is 4.65. The van der Waals surface area contributed by atoms with Crippen molar-refractivity contribution >= 4 is 17.7 Å². The minimum Gasteiger partial charge on any atom is -0.504 e. The summed E-state index contributed by atoms with van der Waals surface area (Å²) in [7, 11) is 1.37. The third-order valence-corrected chi connectivity index (χ3v) is 9.74. The van der Waals surface area contributed by atoms with Crippen molar-refractivity contribution in [2.75, 3.05) is 20.3 Å². The Labute approximate surface area is 261 Å². The van der Waals surface area contributed by atoms with E-state index in [1.54, 1.807) is 37.3 Å². The van der Waals surface area contributed by atoms with Gasteiger partial charge in [-0.3, -0.25) is 4.79 Å². The number of esters is 2. The fraction of sp³-hybridized carbons (Fsp3) is 0.516. The Kier molecular flexibility index (Phi) is 8.00. The molecule has 7 rings (SSSR count). The molecule has 2 aromatic rings. The second-order valence-electron chi connectivity index (χ2n) is 12.2. The molecule has 2 saturated heterocycles. The Morgan fingerprint density at radius 1 is 0.935 bits per heavy atom. The van der Waals surface area contributed by atoms with Gasteiger partial charge >= 0.3 is 11.9 Å². The Bertz CT molecular complexity index is 1510. The highest BCUT2D eigenvalue weighted by Crippen LogP contribution is 2.74. The monoisotopic (exact) mass is 646 g/mol. The second-order valence-corrected chi connectivity index (χ2v) is 12.2. The van der Waals surface area contributed by atoms with E-state index < -0.39 is 95.3 Å². The van der Waals surface area contributed by atoms with Crippen molar-refractivity contribution in [3.63, 3.8) is 0 Å². The molecule has 0 aromatic heterocycles. The lowest BCUT2D eigenvalue weighted by Gasteiger charge is -2.66. The van der Waals surface area contributed by atoms with Gasteiger partial charge in [-0.15, -0.1) is 0 Å². The SMILES string of the molecule is CO[C@H]1O[C@@]2(C)CC(=O)[C@H]3C[C@]2(O[C@@H]2O[C@H](COC(=O)c4cc(O)c(O)c(O)c4)[C@@H](O)[C@H](O)[C@H]2O)[C@]13COC(=O)c1ccccc1. The van der Waals surface area contributed by atoms with Gasteiger partial charge in [-0.05, 0) is 37.6 Å². The number of phenols is 3. The number of aliphatic hydroxyl groups is 3. The van der Waals surface area contributed by atoms with Gasteiger partial charge in [0.25, 0.3) is 0 Å². The molecule has 2 aromatic carbocycles. The molecule has 4 bridgehead atoms. The molecular formula is C31H34O15. The van der Waals surface area contributed by atoms with Crippen molar-refractivity contribution < 1.29 is 73.4 Å². The Morgan fingerprint density at radius 2 is 1.59 bits per heavy atom. The van der Waals surface area contributed by atoms with E-state index >= 15 is 0 Å². The lowest BCUT2D eigenvalue weighted by Crippen LogP contribution is -2.80. The molecular weight excluding hydrogens is 612 g/mol. The number of methoxy groups -OCH3 is 1. The van der Waals surface area contributed by atoms with Crippen LogP contribution in [0.4, 0.5) is 0 Å². The molecule has 2 heterocycles. The van der Waals surface area contributed by atoms with Crippen LogP contribution in [-0.2, 0) is 33.2 Å². The van der Waals surface area contributed by atoms with Crippen LogP contribution in [0.5, 0.6) is 17.2 Å². The van der Waals surface area contributed by atoms with E-state index in [0.717, 1.165) is 12.1 Å². The first-order valence-electron chi connectivity index (χ1n) is 14.5. The van der Waals surface area contributed by atoms with Crippen LogP contribution in [0.1, 0.15) is 40.5 Å². The zero-order chi connectivity index (χ0) is 33.2. The number of carbonyl (C=O) groups excluding carboxylic acids is 3. The number of hydrogen-bond donors (Lipinski definition) is 6. The highest BCUT2D eigenvalue weighted by Gasteiger charge is 2.87. The van der Waals surface area contributed by atoms with E-state index in [0.29, 0.717) is 0 Å². The number of aliphatic hydroxyl groups excluding tert-OH is 3. The van der Waals surface area contributed by atoms with Gasteiger partial charge in [0.2, 0.25) is 0 Å². The Morgan fingerprint density at radius 3 is 2.24 bits per heavy atom. The maximum atomic E-state index is 13.3. The van der Waals surface area contributed by atoms with Crippen LogP contribution < -0.4 is 0 Å². The smallest absolute Gasteiger partial charge is 0.338 e. The number of rotatable bonds is 9. The number of hydrogen-bond acceptors (Lipinski definition) is 15. The molecule has 0 unspecified atom stereocenters. The summed E-state index contributed by atoms with van der Waals surface area (Å²) >= 11 is 0. The summed E-state index contributed by atoms with van der Waals surface area (Å²) in [4.78, 5) is 38.8. The largest absolute Gasteiger partial charge is 0.504 e. The average Bonchev–Trinajstić information content (AvgIpc) is 3.11. The number of carbonyl (C=O) groups is 3. The maximum Gasteiger partial charge on any atom is 0.338 e. The second kappa shape index (κ2) is 11.5. The minimum atomic E-state index is -1.84. The topological polar surface area (TPSA) is 228 Å². The first kappa shape index (κ1) is 32.1. The van der Waals surface area contributed by atoms with Crippen molar-refractivity contribution in [2.24, 2.45) is 11.3 Å². The molecule has 2 aliphatic heterocycles. The molecule has 5 aliphatic rings. The van der Waals surface area contributed by atoms with Crippen molar-refractivity contribution in [1.29, 1.82) is 0 Å². The number of fused-ring (bicyclic) bond motifs is 1. The first-order chi connectivity index (χ1) is 21.8. The molecule has 15 heteroatoms. The first-order valence-corrected chi connectivity index (χ1v) is 14.5. The van der Waals surface area contributed by atoms with E-state index in [9.17, 15) is 45.0 Å². The Balaban J connectivity index is 1.24. The summed E-state index contributed by atoms with van der Waals surface area (Å²) in [6, 6.07) is 9.92. The van der Waals surface area contributed by atoms with Gasteiger partial charge in [0.05, 0.1) is 16.5 Å². The molecule has 0 spiro atoms. The molecule has 15 nitrogen and oxygen atoms in total.